The minimum Gasteiger partial charge on any atom is -0.290 e. The van der Waals surface area contributed by atoms with Gasteiger partial charge in [-0.2, -0.15) is 0 Å². The quantitative estimate of drug-likeness (QED) is 0.279. The van der Waals surface area contributed by atoms with Crippen LogP contribution in [0.2, 0.25) is 0 Å². The van der Waals surface area contributed by atoms with Crippen LogP contribution < -0.4 is 0 Å². The normalized spacial score (nSPS) is 21.7. The standard InChI is InChI=1S/C20H29FO/c1-3-5-7-8-10-11-17-13-16-20(22)19(17)15-14-18(21)12-9-6-4-2/h6,8-10,13,15-18H,3-5,7,11-12,14H2,1-2H3/b9-6-,10-8-,19-15+/t17-,18-/m0/s1. The molecule has 0 aromatic heterocycles. The molecule has 1 aliphatic carbocycles. The van der Waals surface area contributed by atoms with Gasteiger partial charge in [-0.3, -0.25) is 4.79 Å². The van der Waals surface area contributed by atoms with Gasteiger partial charge in [-0.1, -0.05) is 63.1 Å². The van der Waals surface area contributed by atoms with Crippen LogP contribution in [0.1, 0.15) is 58.8 Å². The summed E-state index contributed by atoms with van der Waals surface area (Å²) in [5.74, 6) is 0.173. The van der Waals surface area contributed by atoms with E-state index in [0.29, 0.717) is 12.8 Å². The zero-order valence-corrected chi connectivity index (χ0v) is 13.9. The summed E-state index contributed by atoms with van der Waals surface area (Å²) in [7, 11) is 0. The lowest BCUT2D eigenvalue weighted by Crippen LogP contribution is -2.04. The highest BCUT2D eigenvalue weighted by Crippen LogP contribution is 2.26. The van der Waals surface area contributed by atoms with E-state index in [2.05, 4.69) is 19.1 Å². The summed E-state index contributed by atoms with van der Waals surface area (Å²) in [6.45, 7) is 4.21. The van der Waals surface area contributed by atoms with E-state index < -0.39 is 6.17 Å². The van der Waals surface area contributed by atoms with Gasteiger partial charge in [-0.25, -0.2) is 4.39 Å². The Kier molecular flexibility index (Phi) is 9.45. The number of hydrogen-bond donors (Lipinski definition) is 0. The first-order valence-electron chi connectivity index (χ1n) is 8.55. The number of carbonyl (C=O) groups excluding carboxylic acids is 1. The molecule has 0 fully saturated rings. The number of hydrogen-bond acceptors (Lipinski definition) is 1. The van der Waals surface area contributed by atoms with Gasteiger partial charge in [-0.15, -0.1) is 0 Å². The fourth-order valence-electron chi connectivity index (χ4n) is 2.49. The van der Waals surface area contributed by atoms with Gasteiger partial charge < -0.3 is 0 Å². The van der Waals surface area contributed by atoms with Crippen LogP contribution in [0.4, 0.5) is 4.39 Å². The third-order valence-electron chi connectivity index (χ3n) is 3.83. The summed E-state index contributed by atoms with van der Waals surface area (Å²) < 4.78 is 13.8. The Bertz CT molecular complexity index is 443. The number of rotatable bonds is 10. The van der Waals surface area contributed by atoms with Crippen LogP contribution in [-0.2, 0) is 4.79 Å². The van der Waals surface area contributed by atoms with Gasteiger partial charge in [0, 0.05) is 11.5 Å². The van der Waals surface area contributed by atoms with Crippen LogP contribution in [0.3, 0.4) is 0 Å². The largest absolute Gasteiger partial charge is 0.290 e. The summed E-state index contributed by atoms with van der Waals surface area (Å²) in [4.78, 5) is 11.9. The Morgan fingerprint density at radius 3 is 2.73 bits per heavy atom. The lowest BCUT2D eigenvalue weighted by Gasteiger charge is -2.09. The van der Waals surface area contributed by atoms with Crippen molar-refractivity contribution < 1.29 is 9.18 Å². The summed E-state index contributed by atoms with van der Waals surface area (Å²) >= 11 is 0. The van der Waals surface area contributed by atoms with E-state index in [4.69, 9.17) is 0 Å². The van der Waals surface area contributed by atoms with E-state index in [0.717, 1.165) is 24.8 Å². The molecule has 0 bridgehead atoms. The van der Waals surface area contributed by atoms with Gasteiger partial charge in [0.25, 0.3) is 0 Å². The van der Waals surface area contributed by atoms with Crippen LogP contribution in [0.25, 0.3) is 0 Å². The smallest absolute Gasteiger partial charge is 0.181 e. The minimum atomic E-state index is -0.899. The zero-order chi connectivity index (χ0) is 16.2. The van der Waals surface area contributed by atoms with Crippen molar-refractivity contribution in [2.75, 3.05) is 0 Å². The molecule has 0 unspecified atom stereocenters. The third kappa shape index (κ3) is 7.02. The fourth-order valence-corrected chi connectivity index (χ4v) is 2.49. The van der Waals surface area contributed by atoms with Crippen molar-refractivity contribution in [3.8, 4) is 0 Å². The van der Waals surface area contributed by atoms with Gasteiger partial charge in [0.1, 0.15) is 6.17 Å². The number of allylic oxidation sites excluding steroid dienone is 8. The fraction of sp³-hybridized carbons (Fsp3) is 0.550. The Hall–Kier alpha value is -1.44. The molecule has 0 saturated heterocycles. The maximum atomic E-state index is 13.8. The number of unbranched alkanes of at least 4 members (excludes halogenated alkanes) is 2. The lowest BCUT2D eigenvalue weighted by atomic mass is 9.96. The van der Waals surface area contributed by atoms with Crippen LogP contribution in [0.5, 0.6) is 0 Å². The second kappa shape index (κ2) is 11.2. The molecule has 122 valence electrons. The van der Waals surface area contributed by atoms with Crippen molar-refractivity contribution in [3.63, 3.8) is 0 Å². The Balaban J connectivity index is 2.47. The second-order valence-corrected chi connectivity index (χ2v) is 5.79. The highest BCUT2D eigenvalue weighted by Gasteiger charge is 2.21. The van der Waals surface area contributed by atoms with Gasteiger partial charge in [0.05, 0.1) is 0 Å². The van der Waals surface area contributed by atoms with Crippen molar-refractivity contribution in [1.29, 1.82) is 0 Å². The first kappa shape index (κ1) is 18.6. The van der Waals surface area contributed by atoms with E-state index in [1.807, 2.05) is 25.2 Å². The van der Waals surface area contributed by atoms with E-state index in [-0.39, 0.29) is 11.7 Å². The van der Waals surface area contributed by atoms with Crippen molar-refractivity contribution in [2.24, 2.45) is 5.92 Å². The van der Waals surface area contributed by atoms with Gasteiger partial charge in [0.15, 0.2) is 5.78 Å². The summed E-state index contributed by atoms with van der Waals surface area (Å²) in [5, 5.41) is 0. The lowest BCUT2D eigenvalue weighted by molar-refractivity contribution is -0.111. The minimum absolute atomic E-state index is 0.0447. The molecule has 0 N–H and O–H groups in total. The van der Waals surface area contributed by atoms with Gasteiger partial charge in [0.2, 0.25) is 0 Å². The van der Waals surface area contributed by atoms with Crippen LogP contribution in [0, 0.1) is 5.92 Å². The molecule has 0 radical (unpaired) electrons. The Morgan fingerprint density at radius 2 is 2.00 bits per heavy atom. The Morgan fingerprint density at radius 1 is 1.18 bits per heavy atom. The number of ketones is 1. The van der Waals surface area contributed by atoms with Crippen molar-refractivity contribution in [3.05, 3.63) is 48.1 Å². The highest BCUT2D eigenvalue weighted by atomic mass is 19.1. The molecule has 1 aliphatic rings. The molecule has 0 aromatic rings. The molecule has 0 amide bonds. The van der Waals surface area contributed by atoms with Crippen molar-refractivity contribution >= 4 is 5.78 Å². The van der Waals surface area contributed by atoms with E-state index in [9.17, 15) is 9.18 Å². The maximum Gasteiger partial charge on any atom is 0.181 e. The maximum absolute atomic E-state index is 13.8. The third-order valence-corrected chi connectivity index (χ3v) is 3.83. The zero-order valence-electron chi connectivity index (χ0n) is 13.9. The molecular formula is C20H29FO. The van der Waals surface area contributed by atoms with E-state index >= 15 is 0 Å². The van der Waals surface area contributed by atoms with Crippen molar-refractivity contribution in [1.82, 2.24) is 0 Å². The average Bonchev–Trinajstić information content (AvgIpc) is 2.85. The van der Waals surface area contributed by atoms with E-state index in [1.165, 1.54) is 12.8 Å². The summed E-state index contributed by atoms with van der Waals surface area (Å²) in [6, 6.07) is 0. The van der Waals surface area contributed by atoms with E-state index in [1.54, 1.807) is 12.2 Å². The molecule has 2 heteroatoms. The molecule has 0 aliphatic heterocycles. The van der Waals surface area contributed by atoms with Gasteiger partial charge >= 0.3 is 0 Å². The SMILES string of the molecule is CC/C=C\C[C@H](F)C/C=C1/C(=O)C=C[C@@H]1C/C=C\CCCC. The predicted molar refractivity (Wildman–Crippen MR) is 92.6 cm³/mol. The molecule has 22 heavy (non-hydrogen) atoms. The Labute approximate surface area is 134 Å². The highest BCUT2D eigenvalue weighted by molar-refractivity contribution is 6.07. The number of carbonyl (C=O) groups is 1. The molecule has 0 saturated carbocycles. The first-order valence-corrected chi connectivity index (χ1v) is 8.55. The predicted octanol–water partition coefficient (Wildman–Crippen LogP) is 5.89. The number of alkyl halides is 1. The molecule has 2 atom stereocenters. The van der Waals surface area contributed by atoms with Crippen LogP contribution >= 0.6 is 0 Å². The molecule has 0 heterocycles. The summed E-state index contributed by atoms with van der Waals surface area (Å²) in [5.41, 5.74) is 0.766. The van der Waals surface area contributed by atoms with Crippen LogP contribution in [0.15, 0.2) is 48.1 Å². The molecule has 0 aromatic carbocycles. The van der Waals surface area contributed by atoms with Crippen LogP contribution in [-0.4, -0.2) is 12.0 Å². The monoisotopic (exact) mass is 304 g/mol. The molecule has 1 nitrogen and oxygen atoms in total. The molecule has 1 rings (SSSR count). The topological polar surface area (TPSA) is 17.1 Å². The second-order valence-electron chi connectivity index (χ2n) is 5.79. The molecule has 0 spiro atoms. The average molecular weight is 304 g/mol. The molecular weight excluding hydrogens is 275 g/mol. The number of halogens is 1. The van der Waals surface area contributed by atoms with Gasteiger partial charge in [-0.05, 0) is 38.2 Å². The first-order chi connectivity index (χ1) is 10.7. The summed E-state index contributed by atoms with van der Waals surface area (Å²) in [6.07, 6.45) is 18.7. The van der Waals surface area contributed by atoms with Crippen molar-refractivity contribution in [2.45, 2.75) is 65.0 Å².